The van der Waals surface area contributed by atoms with Gasteiger partial charge in [-0.15, -0.1) is 5.10 Å². The van der Waals surface area contributed by atoms with Crippen molar-refractivity contribution in [2.45, 2.75) is 39.3 Å². The van der Waals surface area contributed by atoms with Crippen molar-refractivity contribution >= 4 is 6.09 Å². The second-order valence-corrected chi connectivity index (χ2v) is 5.50. The van der Waals surface area contributed by atoms with E-state index in [-0.39, 0.29) is 12.1 Å². The van der Waals surface area contributed by atoms with E-state index in [9.17, 15) is 4.79 Å². The van der Waals surface area contributed by atoms with E-state index >= 15 is 0 Å². The Labute approximate surface area is 114 Å². The fourth-order valence-corrected chi connectivity index (χ4v) is 1.64. The molecule has 0 aliphatic carbocycles. The lowest BCUT2D eigenvalue weighted by Gasteiger charge is -2.28. The lowest BCUT2D eigenvalue weighted by molar-refractivity contribution is 0.0228. The Morgan fingerprint density at radius 1 is 1.47 bits per heavy atom. The molecule has 1 rings (SSSR count). The Hall–Kier alpha value is -1.72. The number of aromatic nitrogens is 2. The number of amides is 1. The zero-order chi connectivity index (χ0) is 14.8. The molecule has 0 spiro atoms. The molecule has 6 nitrogen and oxygen atoms in total. The molecule has 1 aromatic rings. The monoisotopic (exact) mass is 269 g/mol. The van der Waals surface area contributed by atoms with Crippen molar-refractivity contribution in [3.05, 3.63) is 11.8 Å². The van der Waals surface area contributed by atoms with Crippen molar-refractivity contribution in [1.29, 1.82) is 0 Å². The molecule has 1 heterocycles. The lowest BCUT2D eigenvalue weighted by Crippen LogP contribution is -2.36. The van der Waals surface area contributed by atoms with Gasteiger partial charge >= 0.3 is 6.09 Å². The van der Waals surface area contributed by atoms with Gasteiger partial charge in [-0.2, -0.15) is 0 Å². The van der Waals surface area contributed by atoms with Crippen LogP contribution in [-0.4, -0.2) is 40.5 Å². The second-order valence-electron chi connectivity index (χ2n) is 5.50. The van der Waals surface area contributed by atoms with Crippen LogP contribution in [0.2, 0.25) is 0 Å². The summed E-state index contributed by atoms with van der Waals surface area (Å²) in [7, 11) is 5.09. The largest absolute Gasteiger partial charge is 0.480 e. The third-order valence-electron chi connectivity index (χ3n) is 2.79. The molecule has 6 heteroatoms. The summed E-state index contributed by atoms with van der Waals surface area (Å²) in [4.78, 5) is 13.5. The molecule has 0 saturated carbocycles. The summed E-state index contributed by atoms with van der Waals surface area (Å²) in [5, 5.41) is 4.18. The molecule has 19 heavy (non-hydrogen) atoms. The molecular weight excluding hydrogens is 246 g/mol. The van der Waals surface area contributed by atoms with Gasteiger partial charge in [-0.25, -0.2) is 4.79 Å². The van der Waals surface area contributed by atoms with Gasteiger partial charge in [-0.3, -0.25) is 4.68 Å². The van der Waals surface area contributed by atoms with Crippen molar-refractivity contribution < 1.29 is 14.3 Å². The summed E-state index contributed by atoms with van der Waals surface area (Å²) in [5.41, 5.74) is 0.375. The number of carbonyl (C=O) groups excluding carboxylic acids is 1. The van der Waals surface area contributed by atoms with Gasteiger partial charge < -0.3 is 14.4 Å². The van der Waals surface area contributed by atoms with Crippen LogP contribution in [0.3, 0.4) is 0 Å². The molecule has 1 atom stereocenters. The highest BCUT2D eigenvalue weighted by atomic mass is 16.6. The predicted molar refractivity (Wildman–Crippen MR) is 72.2 cm³/mol. The topological polar surface area (TPSA) is 56.6 Å². The van der Waals surface area contributed by atoms with E-state index in [0.29, 0.717) is 5.88 Å². The third kappa shape index (κ3) is 3.87. The average Bonchev–Trinajstić information content (AvgIpc) is 2.66. The first kappa shape index (κ1) is 15.3. The summed E-state index contributed by atoms with van der Waals surface area (Å²) in [5.74, 6) is 0.530. The van der Waals surface area contributed by atoms with Gasteiger partial charge in [0.25, 0.3) is 0 Å². The zero-order valence-electron chi connectivity index (χ0n) is 12.7. The van der Waals surface area contributed by atoms with Crippen molar-refractivity contribution in [3.63, 3.8) is 0 Å². The summed E-state index contributed by atoms with van der Waals surface area (Å²) in [6, 6.07) is 1.65. The predicted octanol–water partition coefficient (Wildman–Crippen LogP) is 2.36. The smallest absolute Gasteiger partial charge is 0.410 e. The Kier molecular flexibility index (Phi) is 4.44. The number of hydrogen-bond donors (Lipinski definition) is 0. The highest BCUT2D eigenvalue weighted by molar-refractivity contribution is 5.68. The SMILES string of the molecule is COc1cc([C@H](C)N(C)C(=O)OC(C)(C)C)n(C)n1. The maximum Gasteiger partial charge on any atom is 0.410 e. The molecular formula is C13H23N3O3. The Bertz CT molecular complexity index is 448. The van der Waals surface area contributed by atoms with E-state index in [1.807, 2.05) is 40.8 Å². The molecule has 1 amide bonds. The Balaban J connectivity index is 2.84. The van der Waals surface area contributed by atoms with Crippen LogP contribution in [0.15, 0.2) is 6.07 Å². The van der Waals surface area contributed by atoms with Gasteiger partial charge in [0.15, 0.2) is 0 Å². The second kappa shape index (κ2) is 5.50. The molecule has 0 aliphatic rings. The molecule has 0 N–H and O–H groups in total. The minimum Gasteiger partial charge on any atom is -0.480 e. The van der Waals surface area contributed by atoms with E-state index in [0.717, 1.165) is 5.69 Å². The maximum absolute atomic E-state index is 12.0. The number of hydrogen-bond acceptors (Lipinski definition) is 4. The van der Waals surface area contributed by atoms with Gasteiger partial charge in [0.1, 0.15) is 5.60 Å². The third-order valence-corrected chi connectivity index (χ3v) is 2.79. The number of methoxy groups -OCH3 is 1. The molecule has 0 saturated heterocycles. The van der Waals surface area contributed by atoms with E-state index in [2.05, 4.69) is 5.10 Å². The number of rotatable bonds is 3. The van der Waals surface area contributed by atoms with Gasteiger partial charge in [0, 0.05) is 20.2 Å². The average molecular weight is 269 g/mol. The van der Waals surface area contributed by atoms with E-state index in [1.165, 1.54) is 0 Å². The standard InChI is InChI=1S/C13H23N3O3/c1-9(10-8-11(18-7)14-16(10)6)15(5)12(17)19-13(2,3)4/h8-9H,1-7H3/t9-/m0/s1. The van der Waals surface area contributed by atoms with Crippen LogP contribution in [0.5, 0.6) is 5.88 Å². The summed E-state index contributed by atoms with van der Waals surface area (Å²) >= 11 is 0. The molecule has 0 unspecified atom stereocenters. The minimum absolute atomic E-state index is 0.156. The minimum atomic E-state index is -0.505. The first-order valence-electron chi connectivity index (χ1n) is 6.19. The molecule has 0 fully saturated rings. The number of nitrogens with zero attached hydrogens (tertiary/aromatic N) is 3. The van der Waals surface area contributed by atoms with Crippen LogP contribution in [0.1, 0.15) is 39.4 Å². The molecule has 1 aromatic heterocycles. The van der Waals surface area contributed by atoms with Crippen LogP contribution >= 0.6 is 0 Å². The molecule has 0 aromatic carbocycles. The van der Waals surface area contributed by atoms with Gasteiger partial charge in [-0.1, -0.05) is 0 Å². The van der Waals surface area contributed by atoms with Crippen molar-refractivity contribution in [2.24, 2.45) is 7.05 Å². The van der Waals surface area contributed by atoms with Crippen molar-refractivity contribution in [1.82, 2.24) is 14.7 Å². The van der Waals surface area contributed by atoms with Crippen LogP contribution in [-0.2, 0) is 11.8 Å². The molecule has 108 valence electrons. The molecule has 0 radical (unpaired) electrons. The number of ether oxygens (including phenoxy) is 2. The van der Waals surface area contributed by atoms with Gasteiger partial charge in [0.2, 0.25) is 5.88 Å². The fourth-order valence-electron chi connectivity index (χ4n) is 1.64. The summed E-state index contributed by atoms with van der Waals surface area (Å²) < 4.78 is 12.1. The quantitative estimate of drug-likeness (QED) is 0.845. The van der Waals surface area contributed by atoms with Crippen LogP contribution in [0.4, 0.5) is 4.79 Å². The number of carbonyl (C=O) groups is 1. The fraction of sp³-hybridized carbons (Fsp3) is 0.692. The van der Waals surface area contributed by atoms with Crippen LogP contribution < -0.4 is 4.74 Å². The van der Waals surface area contributed by atoms with E-state index in [1.54, 1.807) is 23.7 Å². The van der Waals surface area contributed by atoms with Crippen LogP contribution in [0, 0.1) is 0 Å². The highest BCUT2D eigenvalue weighted by Gasteiger charge is 2.25. The zero-order valence-corrected chi connectivity index (χ0v) is 12.7. The highest BCUT2D eigenvalue weighted by Crippen LogP contribution is 2.23. The van der Waals surface area contributed by atoms with Crippen molar-refractivity contribution in [2.75, 3.05) is 14.2 Å². The first-order valence-corrected chi connectivity index (χ1v) is 6.19. The Morgan fingerprint density at radius 2 is 2.05 bits per heavy atom. The van der Waals surface area contributed by atoms with E-state index in [4.69, 9.17) is 9.47 Å². The summed E-state index contributed by atoms with van der Waals surface area (Å²) in [6.07, 6.45) is -0.361. The first-order chi connectivity index (χ1) is 8.65. The summed E-state index contributed by atoms with van der Waals surface area (Å²) in [6.45, 7) is 7.45. The molecule has 0 aliphatic heterocycles. The van der Waals surface area contributed by atoms with Crippen LogP contribution in [0.25, 0.3) is 0 Å². The van der Waals surface area contributed by atoms with Crippen molar-refractivity contribution in [3.8, 4) is 5.88 Å². The molecule has 0 bridgehead atoms. The van der Waals surface area contributed by atoms with E-state index < -0.39 is 5.60 Å². The Morgan fingerprint density at radius 3 is 2.47 bits per heavy atom. The van der Waals surface area contributed by atoms with Gasteiger partial charge in [0.05, 0.1) is 18.8 Å². The number of aryl methyl sites for hydroxylation is 1. The normalized spacial score (nSPS) is 13.0. The lowest BCUT2D eigenvalue weighted by atomic mass is 10.2. The maximum atomic E-state index is 12.0. The van der Waals surface area contributed by atoms with Gasteiger partial charge in [-0.05, 0) is 27.7 Å².